The average molecular weight is 292 g/mol. The lowest BCUT2D eigenvalue weighted by atomic mass is 10.2. The molecule has 0 aliphatic heterocycles. The van der Waals surface area contributed by atoms with Gasteiger partial charge in [-0.2, -0.15) is 0 Å². The molecule has 0 spiro atoms. The summed E-state index contributed by atoms with van der Waals surface area (Å²) in [4.78, 5) is 24.9. The fraction of sp³-hybridized carbons (Fsp3) is 0.500. The zero-order valence-electron chi connectivity index (χ0n) is 13.0. The van der Waals surface area contributed by atoms with E-state index < -0.39 is 12.0 Å². The first-order chi connectivity index (χ1) is 9.93. The van der Waals surface area contributed by atoms with E-state index in [9.17, 15) is 9.59 Å². The molecule has 1 unspecified atom stereocenters. The maximum atomic E-state index is 12.3. The van der Waals surface area contributed by atoms with E-state index in [0.29, 0.717) is 12.3 Å². The Labute approximate surface area is 126 Å². The van der Waals surface area contributed by atoms with Gasteiger partial charge in [0.15, 0.2) is 6.10 Å². The molecule has 0 aliphatic carbocycles. The van der Waals surface area contributed by atoms with Gasteiger partial charge in [-0.25, -0.2) is 0 Å². The lowest BCUT2D eigenvalue weighted by Gasteiger charge is -2.25. The van der Waals surface area contributed by atoms with Crippen LogP contribution in [0.25, 0.3) is 0 Å². The summed E-state index contributed by atoms with van der Waals surface area (Å²) in [5, 5.41) is 0. The van der Waals surface area contributed by atoms with Gasteiger partial charge in [-0.15, -0.1) is 0 Å². The van der Waals surface area contributed by atoms with E-state index in [1.54, 1.807) is 6.92 Å². The van der Waals surface area contributed by atoms with Crippen molar-refractivity contribution in [1.29, 1.82) is 0 Å². The Morgan fingerprint density at radius 1 is 1.29 bits per heavy atom. The number of benzene rings is 1. The van der Waals surface area contributed by atoms with Crippen LogP contribution in [0.1, 0.15) is 32.3 Å². The third-order valence-corrected chi connectivity index (χ3v) is 3.12. The van der Waals surface area contributed by atoms with Crippen LogP contribution >= 0.6 is 0 Å². The highest BCUT2D eigenvalue weighted by atomic mass is 16.5. The van der Waals surface area contributed by atoms with Crippen molar-refractivity contribution in [3.63, 3.8) is 0 Å². The number of nitrogens with zero attached hydrogens (tertiary/aromatic N) is 1. The highest BCUT2D eigenvalue weighted by Gasteiger charge is 2.22. The zero-order valence-corrected chi connectivity index (χ0v) is 13.0. The molecular weight excluding hydrogens is 268 g/mol. The summed E-state index contributed by atoms with van der Waals surface area (Å²) < 4.78 is 5.63. The molecule has 1 rings (SSSR count). The normalized spacial score (nSPS) is 11.8. The Bertz CT molecular complexity index is 471. The number of primary amides is 1. The molecule has 0 fully saturated rings. The molecular formula is C16H24N2O3. The topological polar surface area (TPSA) is 72.6 Å². The Balaban J connectivity index is 2.67. The van der Waals surface area contributed by atoms with Gasteiger partial charge in [0.25, 0.3) is 5.91 Å². The van der Waals surface area contributed by atoms with Crippen LogP contribution in [-0.4, -0.2) is 35.9 Å². The second-order valence-electron chi connectivity index (χ2n) is 5.15. The summed E-state index contributed by atoms with van der Waals surface area (Å²) in [6.07, 6.45) is 1.12. The first kappa shape index (κ1) is 17.0. The van der Waals surface area contributed by atoms with Gasteiger partial charge in [0.1, 0.15) is 5.75 Å². The molecule has 0 saturated carbocycles. The smallest absolute Gasteiger partial charge is 0.263 e. The first-order valence-electron chi connectivity index (χ1n) is 7.24. The number of rotatable bonds is 8. The number of hydrogen-bond donors (Lipinski definition) is 1. The molecule has 0 aromatic heterocycles. The fourth-order valence-corrected chi connectivity index (χ4v) is 1.93. The highest BCUT2D eigenvalue weighted by molar-refractivity contribution is 5.86. The molecule has 0 saturated heterocycles. The fourth-order valence-electron chi connectivity index (χ4n) is 1.93. The third-order valence-electron chi connectivity index (χ3n) is 3.12. The number of hydrogen-bond acceptors (Lipinski definition) is 3. The minimum atomic E-state index is -0.649. The van der Waals surface area contributed by atoms with Gasteiger partial charge in [-0.3, -0.25) is 9.59 Å². The van der Waals surface area contributed by atoms with E-state index in [2.05, 4.69) is 0 Å². The molecule has 1 aromatic rings. The predicted octanol–water partition coefficient (Wildman–Crippen LogP) is 1.88. The third kappa shape index (κ3) is 5.85. The van der Waals surface area contributed by atoms with E-state index >= 15 is 0 Å². The van der Waals surface area contributed by atoms with Gasteiger partial charge in [-0.1, -0.05) is 31.0 Å². The van der Waals surface area contributed by atoms with Crippen molar-refractivity contribution in [3.8, 4) is 5.75 Å². The van der Waals surface area contributed by atoms with E-state index in [-0.39, 0.29) is 12.5 Å². The number of unbranched alkanes of at least 4 members (excludes halogenated alkanes) is 1. The number of carbonyl (C=O) groups is 2. The highest BCUT2D eigenvalue weighted by Crippen LogP contribution is 2.14. The van der Waals surface area contributed by atoms with Crippen molar-refractivity contribution < 1.29 is 14.3 Å². The Hall–Kier alpha value is -2.04. The minimum Gasteiger partial charge on any atom is -0.481 e. The Kier molecular flexibility index (Phi) is 6.72. The van der Waals surface area contributed by atoms with Crippen molar-refractivity contribution in [3.05, 3.63) is 29.8 Å². The second kappa shape index (κ2) is 8.29. The summed E-state index contributed by atoms with van der Waals surface area (Å²) in [7, 11) is 0. The van der Waals surface area contributed by atoms with Gasteiger partial charge in [-0.05, 0) is 32.4 Å². The minimum absolute atomic E-state index is 0.0690. The van der Waals surface area contributed by atoms with Crippen molar-refractivity contribution in [2.75, 3.05) is 13.1 Å². The number of ether oxygens (including phenoxy) is 1. The molecule has 0 radical (unpaired) electrons. The van der Waals surface area contributed by atoms with Crippen molar-refractivity contribution >= 4 is 11.8 Å². The van der Waals surface area contributed by atoms with Gasteiger partial charge in [0.2, 0.25) is 5.91 Å². The zero-order chi connectivity index (χ0) is 15.8. The number of amides is 2. The summed E-state index contributed by atoms with van der Waals surface area (Å²) in [6.45, 7) is 6.14. The molecule has 2 amide bonds. The van der Waals surface area contributed by atoms with Gasteiger partial charge in [0.05, 0.1) is 6.54 Å². The Morgan fingerprint density at radius 3 is 2.43 bits per heavy atom. The summed E-state index contributed by atoms with van der Waals surface area (Å²) in [6, 6.07) is 7.49. The van der Waals surface area contributed by atoms with Crippen molar-refractivity contribution in [1.82, 2.24) is 4.90 Å². The van der Waals surface area contributed by atoms with Gasteiger partial charge in [0, 0.05) is 6.54 Å². The SMILES string of the molecule is CCCCN(CC(N)=O)C(=O)C(C)Oc1ccc(C)cc1. The Morgan fingerprint density at radius 2 is 1.90 bits per heavy atom. The second-order valence-corrected chi connectivity index (χ2v) is 5.15. The van der Waals surface area contributed by atoms with Crippen LogP contribution in [0.4, 0.5) is 0 Å². The average Bonchev–Trinajstić information content (AvgIpc) is 2.44. The van der Waals surface area contributed by atoms with Crippen LogP contribution in [0.2, 0.25) is 0 Å². The van der Waals surface area contributed by atoms with Crippen LogP contribution in [-0.2, 0) is 9.59 Å². The van der Waals surface area contributed by atoms with Crippen LogP contribution in [0.3, 0.4) is 0 Å². The maximum absolute atomic E-state index is 12.3. The van der Waals surface area contributed by atoms with Gasteiger partial charge >= 0.3 is 0 Å². The van der Waals surface area contributed by atoms with E-state index in [1.165, 1.54) is 4.90 Å². The number of aryl methyl sites for hydroxylation is 1. The van der Waals surface area contributed by atoms with Crippen LogP contribution in [0.15, 0.2) is 24.3 Å². The van der Waals surface area contributed by atoms with E-state index in [0.717, 1.165) is 18.4 Å². The molecule has 2 N–H and O–H groups in total. The summed E-state index contributed by atoms with van der Waals surface area (Å²) >= 11 is 0. The number of carbonyl (C=O) groups excluding carboxylic acids is 2. The van der Waals surface area contributed by atoms with Gasteiger partial charge < -0.3 is 15.4 Å². The number of nitrogens with two attached hydrogens (primary N) is 1. The first-order valence-corrected chi connectivity index (χ1v) is 7.24. The summed E-state index contributed by atoms with van der Waals surface area (Å²) in [5.74, 6) is -0.0965. The van der Waals surface area contributed by atoms with E-state index in [4.69, 9.17) is 10.5 Å². The van der Waals surface area contributed by atoms with Crippen molar-refractivity contribution in [2.45, 2.75) is 39.7 Å². The monoisotopic (exact) mass is 292 g/mol. The van der Waals surface area contributed by atoms with E-state index in [1.807, 2.05) is 38.1 Å². The molecule has 0 heterocycles. The standard InChI is InChI=1S/C16H24N2O3/c1-4-5-10-18(11-15(17)19)16(20)13(3)21-14-8-6-12(2)7-9-14/h6-9,13H,4-5,10-11H2,1-3H3,(H2,17,19). The lowest BCUT2D eigenvalue weighted by molar-refractivity contribution is -0.140. The summed E-state index contributed by atoms with van der Waals surface area (Å²) in [5.41, 5.74) is 6.32. The molecule has 116 valence electrons. The molecule has 21 heavy (non-hydrogen) atoms. The molecule has 0 aliphatic rings. The molecule has 1 atom stereocenters. The quantitative estimate of drug-likeness (QED) is 0.795. The lowest BCUT2D eigenvalue weighted by Crippen LogP contribution is -2.45. The maximum Gasteiger partial charge on any atom is 0.263 e. The molecule has 5 heteroatoms. The predicted molar refractivity (Wildman–Crippen MR) is 82.0 cm³/mol. The van der Waals surface area contributed by atoms with Crippen LogP contribution in [0, 0.1) is 6.92 Å². The molecule has 0 bridgehead atoms. The van der Waals surface area contributed by atoms with Crippen LogP contribution < -0.4 is 10.5 Å². The largest absolute Gasteiger partial charge is 0.481 e. The van der Waals surface area contributed by atoms with Crippen molar-refractivity contribution in [2.24, 2.45) is 5.73 Å². The molecule has 5 nitrogen and oxygen atoms in total. The molecule has 1 aromatic carbocycles. The van der Waals surface area contributed by atoms with Crippen LogP contribution in [0.5, 0.6) is 5.75 Å².